The van der Waals surface area contributed by atoms with E-state index in [2.05, 4.69) is 43.5 Å². The molecule has 0 aromatic carbocycles. The Hall–Kier alpha value is -1.92. The Balaban J connectivity index is 3.48. The van der Waals surface area contributed by atoms with Gasteiger partial charge < -0.3 is 20.3 Å². The molecule has 0 aromatic heterocycles. The summed E-state index contributed by atoms with van der Waals surface area (Å²) in [6.07, 6.45) is 64.3. The number of hydrogen-bond acceptors (Lipinski definition) is 5. The van der Waals surface area contributed by atoms with Gasteiger partial charge in [-0.05, 0) is 64.2 Å². The summed E-state index contributed by atoms with van der Waals surface area (Å²) in [7, 11) is 0. The zero-order valence-corrected chi connectivity index (χ0v) is 42.1. The number of aliphatic hydroxyl groups is 2. The van der Waals surface area contributed by atoms with Gasteiger partial charge in [-0.2, -0.15) is 0 Å². The lowest BCUT2D eigenvalue weighted by atomic mass is 10.0. The molecule has 0 spiro atoms. The van der Waals surface area contributed by atoms with Gasteiger partial charge in [0.25, 0.3) is 0 Å². The van der Waals surface area contributed by atoms with Crippen LogP contribution in [0.1, 0.15) is 290 Å². The summed E-state index contributed by atoms with van der Waals surface area (Å²) in [5.41, 5.74) is 0. The van der Waals surface area contributed by atoms with Crippen molar-refractivity contribution >= 4 is 11.9 Å². The summed E-state index contributed by atoms with van der Waals surface area (Å²) < 4.78 is 5.47. The molecule has 0 aliphatic heterocycles. The molecule has 0 aliphatic carbocycles. The van der Waals surface area contributed by atoms with E-state index >= 15 is 0 Å². The molecule has 370 valence electrons. The van der Waals surface area contributed by atoms with E-state index in [1.807, 2.05) is 6.08 Å². The zero-order chi connectivity index (χ0) is 45.8. The molecule has 6 nitrogen and oxygen atoms in total. The molecule has 2 atom stereocenters. The van der Waals surface area contributed by atoms with E-state index in [4.69, 9.17) is 4.74 Å². The van der Waals surface area contributed by atoms with Gasteiger partial charge >= 0.3 is 5.97 Å². The van der Waals surface area contributed by atoms with Crippen molar-refractivity contribution in [2.45, 2.75) is 302 Å². The van der Waals surface area contributed by atoms with E-state index in [-0.39, 0.29) is 18.5 Å². The van der Waals surface area contributed by atoms with Crippen LogP contribution < -0.4 is 5.32 Å². The molecule has 1 amide bonds. The SMILES string of the molecule is CCCCCC/C=C\C/C=C\CCCCCCCCCC(=O)OCCCCCCCCCCCCCCCC(=O)NC(CO)C(O)/C=C/CCCCCCCCCCCCCCC. The minimum absolute atomic E-state index is 0.0144. The fourth-order valence-electron chi connectivity index (χ4n) is 8.37. The first-order valence-electron chi connectivity index (χ1n) is 27.8. The smallest absolute Gasteiger partial charge is 0.305 e. The minimum atomic E-state index is -0.853. The second-order valence-electron chi connectivity index (χ2n) is 18.9. The van der Waals surface area contributed by atoms with Crippen LogP contribution in [-0.4, -0.2) is 47.4 Å². The second-order valence-corrected chi connectivity index (χ2v) is 18.9. The van der Waals surface area contributed by atoms with E-state index in [1.54, 1.807) is 6.08 Å². The predicted molar refractivity (Wildman–Crippen MR) is 273 cm³/mol. The number of amides is 1. The first-order valence-corrected chi connectivity index (χ1v) is 27.8. The number of aliphatic hydroxyl groups excluding tert-OH is 2. The Morgan fingerprint density at radius 3 is 1.22 bits per heavy atom. The maximum Gasteiger partial charge on any atom is 0.305 e. The summed E-state index contributed by atoms with van der Waals surface area (Å²) in [5.74, 6) is -0.0953. The summed E-state index contributed by atoms with van der Waals surface area (Å²) in [4.78, 5) is 24.5. The molecule has 63 heavy (non-hydrogen) atoms. The quantitative estimate of drug-likeness (QED) is 0.0321. The number of rotatable bonds is 51. The lowest BCUT2D eigenvalue weighted by molar-refractivity contribution is -0.143. The highest BCUT2D eigenvalue weighted by Crippen LogP contribution is 2.16. The Labute approximate surface area is 392 Å². The number of ether oxygens (including phenoxy) is 1. The lowest BCUT2D eigenvalue weighted by Crippen LogP contribution is -2.45. The third-order valence-electron chi connectivity index (χ3n) is 12.7. The lowest BCUT2D eigenvalue weighted by Gasteiger charge is -2.20. The first kappa shape index (κ1) is 61.1. The zero-order valence-electron chi connectivity index (χ0n) is 42.1. The summed E-state index contributed by atoms with van der Waals surface area (Å²) in [5, 5.41) is 23.1. The molecule has 0 rings (SSSR count). The Kier molecular flexibility index (Phi) is 51.1. The fourth-order valence-corrected chi connectivity index (χ4v) is 8.37. The van der Waals surface area contributed by atoms with Crippen LogP contribution >= 0.6 is 0 Å². The van der Waals surface area contributed by atoms with E-state index in [9.17, 15) is 19.8 Å². The number of hydrogen-bond donors (Lipinski definition) is 3. The molecule has 2 unspecified atom stereocenters. The van der Waals surface area contributed by atoms with Crippen molar-refractivity contribution in [1.82, 2.24) is 5.32 Å². The van der Waals surface area contributed by atoms with Gasteiger partial charge in [0.15, 0.2) is 0 Å². The summed E-state index contributed by atoms with van der Waals surface area (Å²) >= 11 is 0. The highest BCUT2D eigenvalue weighted by molar-refractivity contribution is 5.76. The normalized spacial score (nSPS) is 12.9. The van der Waals surface area contributed by atoms with Gasteiger partial charge in [-0.25, -0.2) is 0 Å². The maximum atomic E-state index is 12.4. The molecule has 0 heterocycles. The van der Waals surface area contributed by atoms with Crippen LogP contribution in [0.5, 0.6) is 0 Å². The largest absolute Gasteiger partial charge is 0.466 e. The van der Waals surface area contributed by atoms with Crippen LogP contribution in [0.15, 0.2) is 36.5 Å². The number of carbonyl (C=O) groups is 2. The van der Waals surface area contributed by atoms with Crippen molar-refractivity contribution in [3.63, 3.8) is 0 Å². The van der Waals surface area contributed by atoms with Crippen LogP contribution in [0.4, 0.5) is 0 Å². The standard InChI is InChI=1S/C57H107NO5/c1-3-5-7-9-11-13-15-17-19-20-21-23-27-31-35-39-43-47-51-57(62)63-52-48-44-40-36-32-28-24-26-30-34-38-42-46-50-56(61)58-54(53-59)55(60)49-45-41-37-33-29-25-22-18-16-14-12-10-8-6-4-2/h13,15,19-20,45,49,54-55,59-60H,3-12,14,16-18,21-44,46-48,50-53H2,1-2H3,(H,58,61)/b15-13-,20-19-,49-45+. The van der Waals surface area contributed by atoms with Gasteiger partial charge in [-0.3, -0.25) is 9.59 Å². The van der Waals surface area contributed by atoms with Crippen LogP contribution in [-0.2, 0) is 14.3 Å². The van der Waals surface area contributed by atoms with Crippen LogP contribution in [0.25, 0.3) is 0 Å². The molecule has 6 heteroatoms. The van der Waals surface area contributed by atoms with E-state index in [0.717, 1.165) is 64.2 Å². The van der Waals surface area contributed by atoms with Crippen molar-refractivity contribution in [2.75, 3.05) is 13.2 Å². The average molecular weight is 886 g/mol. The minimum Gasteiger partial charge on any atom is -0.466 e. The topological polar surface area (TPSA) is 95.9 Å². The molecule has 0 aliphatic rings. The molecular weight excluding hydrogens is 779 g/mol. The van der Waals surface area contributed by atoms with Gasteiger partial charge in [0.1, 0.15) is 0 Å². The third-order valence-corrected chi connectivity index (χ3v) is 12.7. The van der Waals surface area contributed by atoms with Crippen LogP contribution in [0.3, 0.4) is 0 Å². The van der Waals surface area contributed by atoms with Crippen LogP contribution in [0.2, 0.25) is 0 Å². The Morgan fingerprint density at radius 2 is 0.794 bits per heavy atom. The second kappa shape index (κ2) is 52.7. The summed E-state index contributed by atoms with van der Waals surface area (Å²) in [6, 6.07) is -0.638. The Bertz CT molecular complexity index is 1020. The van der Waals surface area contributed by atoms with Gasteiger partial charge in [0.2, 0.25) is 5.91 Å². The number of allylic oxidation sites excluding steroid dienone is 5. The van der Waals surface area contributed by atoms with Crippen LogP contribution in [0, 0.1) is 0 Å². The molecule has 0 bridgehead atoms. The molecular formula is C57H107NO5. The van der Waals surface area contributed by atoms with Crippen molar-refractivity contribution in [1.29, 1.82) is 0 Å². The highest BCUT2D eigenvalue weighted by atomic mass is 16.5. The van der Waals surface area contributed by atoms with Crippen molar-refractivity contribution < 1.29 is 24.5 Å². The Morgan fingerprint density at radius 1 is 0.444 bits per heavy atom. The first-order chi connectivity index (χ1) is 31.0. The number of esters is 1. The monoisotopic (exact) mass is 886 g/mol. The van der Waals surface area contributed by atoms with E-state index < -0.39 is 12.1 Å². The van der Waals surface area contributed by atoms with Gasteiger partial charge in [0, 0.05) is 12.8 Å². The maximum absolute atomic E-state index is 12.4. The summed E-state index contributed by atoms with van der Waals surface area (Å²) in [6.45, 7) is 4.86. The molecule has 3 N–H and O–H groups in total. The molecule has 0 saturated carbocycles. The highest BCUT2D eigenvalue weighted by Gasteiger charge is 2.18. The van der Waals surface area contributed by atoms with Gasteiger partial charge in [0.05, 0.1) is 25.4 Å². The predicted octanol–water partition coefficient (Wildman–Crippen LogP) is 16.9. The van der Waals surface area contributed by atoms with Crippen molar-refractivity contribution in [2.24, 2.45) is 0 Å². The fraction of sp³-hybridized carbons (Fsp3) is 0.860. The number of unbranched alkanes of at least 4 members (excludes halogenated alkanes) is 36. The van der Waals surface area contributed by atoms with Crippen molar-refractivity contribution in [3.8, 4) is 0 Å². The molecule has 0 fully saturated rings. The molecule has 0 saturated heterocycles. The average Bonchev–Trinajstić information content (AvgIpc) is 3.28. The third kappa shape index (κ3) is 49.4. The van der Waals surface area contributed by atoms with Gasteiger partial charge in [-0.1, -0.05) is 249 Å². The van der Waals surface area contributed by atoms with Crippen molar-refractivity contribution in [3.05, 3.63) is 36.5 Å². The molecule has 0 aromatic rings. The van der Waals surface area contributed by atoms with Gasteiger partial charge in [-0.15, -0.1) is 0 Å². The number of nitrogens with one attached hydrogen (secondary N) is 1. The number of carbonyl (C=O) groups excluding carboxylic acids is 2. The molecule has 0 radical (unpaired) electrons. The van der Waals surface area contributed by atoms with E-state index in [0.29, 0.717) is 19.4 Å². The van der Waals surface area contributed by atoms with E-state index in [1.165, 1.54) is 199 Å².